The molecule has 0 unspecified atom stereocenters. The molecule has 2 amide bonds. The van der Waals surface area contributed by atoms with Gasteiger partial charge < -0.3 is 14.5 Å². The lowest BCUT2D eigenvalue weighted by molar-refractivity contribution is -0.133. The molecule has 1 saturated heterocycles. The first kappa shape index (κ1) is 19.0. The van der Waals surface area contributed by atoms with Gasteiger partial charge in [-0.15, -0.1) is 0 Å². The molecule has 1 aliphatic rings. The quantitative estimate of drug-likeness (QED) is 0.671. The Morgan fingerprint density at radius 1 is 0.759 bits per heavy atom. The van der Waals surface area contributed by atoms with Crippen molar-refractivity contribution in [2.24, 2.45) is 0 Å². The highest BCUT2D eigenvalue weighted by Gasteiger charge is 2.25. The number of carbonyl (C=O) groups is 2. The van der Waals surface area contributed by atoms with Gasteiger partial charge in [0.2, 0.25) is 5.91 Å². The fraction of sp³-hybridized carbons (Fsp3) is 0.250. The molecule has 0 atom stereocenters. The Bertz CT molecular complexity index is 990. The van der Waals surface area contributed by atoms with E-state index in [4.69, 9.17) is 4.74 Å². The van der Waals surface area contributed by atoms with E-state index in [0.29, 0.717) is 39.2 Å². The van der Waals surface area contributed by atoms with Crippen molar-refractivity contribution in [1.29, 1.82) is 0 Å². The van der Waals surface area contributed by atoms with Gasteiger partial charge in [-0.05, 0) is 29.0 Å². The first-order valence-electron chi connectivity index (χ1n) is 9.95. The first-order chi connectivity index (χ1) is 14.2. The Morgan fingerprint density at radius 3 is 2.21 bits per heavy atom. The zero-order chi connectivity index (χ0) is 20.1. The number of carbonyl (C=O) groups excluding carboxylic acids is 2. The second-order valence-electron chi connectivity index (χ2n) is 7.11. The van der Waals surface area contributed by atoms with Crippen molar-refractivity contribution in [3.63, 3.8) is 0 Å². The highest BCUT2D eigenvalue weighted by molar-refractivity contribution is 6.07. The molecule has 3 aromatic carbocycles. The third kappa shape index (κ3) is 4.40. The summed E-state index contributed by atoms with van der Waals surface area (Å²) in [5, 5.41) is 2.03. The van der Waals surface area contributed by atoms with Crippen LogP contribution < -0.4 is 4.74 Å². The van der Waals surface area contributed by atoms with Gasteiger partial charge in [-0.2, -0.15) is 0 Å². The molecule has 1 heterocycles. The normalized spacial score (nSPS) is 14.1. The van der Waals surface area contributed by atoms with Crippen LogP contribution in [-0.4, -0.2) is 54.4 Å². The van der Waals surface area contributed by atoms with E-state index in [1.807, 2.05) is 82.6 Å². The minimum absolute atomic E-state index is 0.0290. The van der Waals surface area contributed by atoms with Crippen LogP contribution in [0.5, 0.6) is 5.75 Å². The van der Waals surface area contributed by atoms with E-state index in [0.717, 1.165) is 22.1 Å². The highest BCUT2D eigenvalue weighted by atomic mass is 16.5. The summed E-state index contributed by atoms with van der Waals surface area (Å²) in [5.74, 6) is 0.866. The zero-order valence-electron chi connectivity index (χ0n) is 16.3. The average molecular weight is 388 g/mol. The molecule has 29 heavy (non-hydrogen) atoms. The van der Waals surface area contributed by atoms with Gasteiger partial charge in [0, 0.05) is 31.7 Å². The van der Waals surface area contributed by atoms with Crippen molar-refractivity contribution in [3.05, 3.63) is 78.4 Å². The van der Waals surface area contributed by atoms with Crippen molar-refractivity contribution >= 4 is 22.6 Å². The van der Waals surface area contributed by atoms with E-state index in [-0.39, 0.29) is 11.8 Å². The molecule has 0 aliphatic carbocycles. The number of ether oxygens (including phenoxy) is 1. The molecule has 1 fully saturated rings. The van der Waals surface area contributed by atoms with Crippen molar-refractivity contribution in [3.8, 4) is 5.75 Å². The van der Waals surface area contributed by atoms with Crippen molar-refractivity contribution in [2.45, 2.75) is 6.42 Å². The van der Waals surface area contributed by atoms with E-state index in [1.54, 1.807) is 0 Å². The summed E-state index contributed by atoms with van der Waals surface area (Å²) in [4.78, 5) is 29.1. The summed E-state index contributed by atoms with van der Waals surface area (Å²) < 4.78 is 5.61. The predicted molar refractivity (Wildman–Crippen MR) is 113 cm³/mol. The van der Waals surface area contributed by atoms with Crippen LogP contribution in [0, 0.1) is 0 Å². The average Bonchev–Trinajstić information content (AvgIpc) is 2.79. The summed E-state index contributed by atoms with van der Waals surface area (Å²) >= 11 is 0. The van der Waals surface area contributed by atoms with Gasteiger partial charge in [-0.1, -0.05) is 54.6 Å². The Labute approximate surface area is 170 Å². The monoisotopic (exact) mass is 388 g/mol. The van der Waals surface area contributed by atoms with Gasteiger partial charge in [0.15, 0.2) is 0 Å². The van der Waals surface area contributed by atoms with Crippen LogP contribution >= 0.6 is 0 Å². The second-order valence-corrected chi connectivity index (χ2v) is 7.11. The van der Waals surface area contributed by atoms with Gasteiger partial charge in [0.05, 0.1) is 13.0 Å². The lowest BCUT2D eigenvalue weighted by Crippen LogP contribution is -2.50. The van der Waals surface area contributed by atoms with Crippen molar-refractivity contribution in [2.75, 3.05) is 32.8 Å². The largest absolute Gasteiger partial charge is 0.493 e. The van der Waals surface area contributed by atoms with Crippen LogP contribution in [0.2, 0.25) is 0 Å². The molecule has 0 bridgehead atoms. The lowest BCUT2D eigenvalue weighted by atomic mass is 10.0. The van der Waals surface area contributed by atoms with Gasteiger partial charge in [-0.25, -0.2) is 0 Å². The maximum Gasteiger partial charge on any atom is 0.254 e. The maximum atomic E-state index is 13.0. The summed E-state index contributed by atoms with van der Waals surface area (Å²) in [7, 11) is 0. The molecular weight excluding hydrogens is 364 g/mol. The molecule has 0 radical (unpaired) electrons. The van der Waals surface area contributed by atoms with E-state index < -0.39 is 0 Å². The molecule has 148 valence electrons. The molecule has 0 saturated carbocycles. The third-order valence-corrected chi connectivity index (χ3v) is 5.27. The number of piperazine rings is 1. The topological polar surface area (TPSA) is 49.9 Å². The van der Waals surface area contributed by atoms with E-state index in [9.17, 15) is 9.59 Å². The molecular formula is C24H24N2O3. The third-order valence-electron chi connectivity index (χ3n) is 5.27. The Balaban J connectivity index is 1.30. The van der Waals surface area contributed by atoms with Crippen LogP contribution in [0.4, 0.5) is 0 Å². The van der Waals surface area contributed by atoms with Gasteiger partial charge in [0.25, 0.3) is 5.91 Å². The smallest absolute Gasteiger partial charge is 0.254 e. The van der Waals surface area contributed by atoms with E-state index in [2.05, 4.69) is 0 Å². The summed E-state index contributed by atoms with van der Waals surface area (Å²) in [6.07, 6.45) is 0.339. The summed E-state index contributed by atoms with van der Waals surface area (Å²) in [6, 6.07) is 23.2. The lowest BCUT2D eigenvalue weighted by Gasteiger charge is -2.35. The van der Waals surface area contributed by atoms with Gasteiger partial charge in [0.1, 0.15) is 5.75 Å². The molecule has 1 aliphatic heterocycles. The van der Waals surface area contributed by atoms with E-state index >= 15 is 0 Å². The number of hydrogen-bond acceptors (Lipinski definition) is 3. The Kier molecular flexibility index (Phi) is 5.75. The SMILES string of the molecule is O=C(CCOc1ccccc1)N1CCN(C(=O)c2cccc3ccccc23)CC1. The molecule has 5 nitrogen and oxygen atoms in total. The van der Waals surface area contributed by atoms with E-state index in [1.165, 1.54) is 0 Å². The maximum absolute atomic E-state index is 13.0. The van der Waals surface area contributed by atoms with Gasteiger partial charge in [-0.3, -0.25) is 9.59 Å². The molecule has 4 rings (SSSR count). The Hall–Kier alpha value is -3.34. The fourth-order valence-electron chi connectivity index (χ4n) is 3.67. The summed E-state index contributed by atoms with van der Waals surface area (Å²) in [5.41, 5.74) is 0.721. The number of rotatable bonds is 5. The molecule has 0 N–H and O–H groups in total. The number of hydrogen-bond donors (Lipinski definition) is 0. The van der Waals surface area contributed by atoms with Crippen LogP contribution in [0.15, 0.2) is 72.8 Å². The van der Waals surface area contributed by atoms with Crippen LogP contribution in [-0.2, 0) is 4.79 Å². The van der Waals surface area contributed by atoms with Crippen molar-refractivity contribution in [1.82, 2.24) is 9.80 Å². The second kappa shape index (κ2) is 8.78. The number of amides is 2. The molecule has 0 aromatic heterocycles. The van der Waals surface area contributed by atoms with Crippen LogP contribution in [0.25, 0.3) is 10.8 Å². The number of nitrogens with zero attached hydrogens (tertiary/aromatic N) is 2. The number of fused-ring (bicyclic) bond motifs is 1. The minimum Gasteiger partial charge on any atom is -0.493 e. The van der Waals surface area contributed by atoms with Crippen molar-refractivity contribution < 1.29 is 14.3 Å². The molecule has 0 spiro atoms. The predicted octanol–water partition coefficient (Wildman–Crippen LogP) is 3.59. The molecule has 5 heteroatoms. The van der Waals surface area contributed by atoms with Crippen LogP contribution in [0.3, 0.4) is 0 Å². The minimum atomic E-state index is 0.0290. The summed E-state index contributed by atoms with van der Waals surface area (Å²) in [6.45, 7) is 2.57. The highest BCUT2D eigenvalue weighted by Crippen LogP contribution is 2.21. The van der Waals surface area contributed by atoms with Crippen LogP contribution in [0.1, 0.15) is 16.8 Å². The first-order valence-corrected chi connectivity index (χ1v) is 9.95. The zero-order valence-corrected chi connectivity index (χ0v) is 16.3. The Morgan fingerprint density at radius 2 is 1.41 bits per heavy atom. The standard InChI is InChI=1S/C24H24N2O3/c27-23(13-18-29-20-9-2-1-3-10-20)25-14-16-26(17-15-25)24(28)22-12-6-8-19-7-4-5-11-21(19)22/h1-12H,13-18H2. The fourth-order valence-corrected chi connectivity index (χ4v) is 3.67. The molecule has 3 aromatic rings. The number of benzene rings is 3. The number of para-hydroxylation sites is 1. The van der Waals surface area contributed by atoms with Gasteiger partial charge >= 0.3 is 0 Å².